The summed E-state index contributed by atoms with van der Waals surface area (Å²) in [6.45, 7) is 4.19. The van der Waals surface area contributed by atoms with Gasteiger partial charge in [0.2, 0.25) is 0 Å². The highest BCUT2D eigenvalue weighted by Crippen LogP contribution is 2.48. The molecule has 0 bridgehead atoms. The van der Waals surface area contributed by atoms with Crippen LogP contribution in [0.4, 0.5) is 5.69 Å². The predicted octanol–water partition coefficient (Wildman–Crippen LogP) is 5.05. The van der Waals surface area contributed by atoms with Crippen molar-refractivity contribution in [2.75, 3.05) is 5.73 Å². The highest BCUT2D eigenvalue weighted by atomic mass is 14.6. The Kier molecular flexibility index (Phi) is 2.83. The summed E-state index contributed by atoms with van der Waals surface area (Å²) in [4.78, 5) is 0. The number of benzene rings is 3. The molecule has 0 heterocycles. The summed E-state index contributed by atoms with van der Waals surface area (Å²) in [5.41, 5.74) is 16.2. The van der Waals surface area contributed by atoms with Gasteiger partial charge < -0.3 is 5.73 Å². The first kappa shape index (κ1) is 13.1. The summed E-state index contributed by atoms with van der Waals surface area (Å²) in [6.07, 6.45) is 0. The highest BCUT2D eigenvalue weighted by molar-refractivity contribution is 5.80. The van der Waals surface area contributed by atoms with Crippen LogP contribution in [0.2, 0.25) is 0 Å². The van der Waals surface area contributed by atoms with E-state index in [1.165, 1.54) is 27.8 Å². The number of nitrogens with two attached hydrogens (primary N) is 1. The molecule has 3 aromatic carbocycles. The standard InChI is InChI=1S/C21H19N/c1-13-11-15(12-14(2)21(13)22)20-18-9-5-3-7-16(18)17-8-4-6-10-19(17)20/h3-12,20H,22H2,1-2H3. The molecule has 1 aliphatic carbocycles. The maximum Gasteiger partial charge on any atom is 0.0373 e. The van der Waals surface area contributed by atoms with Crippen LogP contribution in [0, 0.1) is 13.8 Å². The molecule has 1 nitrogen and oxygen atoms in total. The summed E-state index contributed by atoms with van der Waals surface area (Å²) in [5, 5.41) is 0. The summed E-state index contributed by atoms with van der Waals surface area (Å²) >= 11 is 0. The number of hydrogen-bond donors (Lipinski definition) is 1. The van der Waals surface area contributed by atoms with Crippen LogP contribution in [0.25, 0.3) is 11.1 Å². The van der Waals surface area contributed by atoms with Crippen LogP contribution >= 0.6 is 0 Å². The molecule has 1 aliphatic rings. The van der Waals surface area contributed by atoms with Crippen LogP contribution in [-0.2, 0) is 0 Å². The Morgan fingerprint density at radius 1 is 0.727 bits per heavy atom. The van der Waals surface area contributed by atoms with Gasteiger partial charge in [0.25, 0.3) is 0 Å². The van der Waals surface area contributed by atoms with E-state index in [1.54, 1.807) is 0 Å². The lowest BCUT2D eigenvalue weighted by Crippen LogP contribution is -2.02. The van der Waals surface area contributed by atoms with Gasteiger partial charge >= 0.3 is 0 Å². The number of anilines is 1. The first-order chi connectivity index (χ1) is 10.7. The second-order valence-electron chi connectivity index (χ2n) is 6.18. The molecule has 0 radical (unpaired) electrons. The zero-order valence-corrected chi connectivity index (χ0v) is 12.9. The molecule has 4 rings (SSSR count). The largest absolute Gasteiger partial charge is 0.398 e. The summed E-state index contributed by atoms with van der Waals surface area (Å²) in [6, 6.07) is 22.0. The molecular weight excluding hydrogens is 266 g/mol. The van der Waals surface area contributed by atoms with Crippen molar-refractivity contribution in [3.63, 3.8) is 0 Å². The average Bonchev–Trinajstić information content (AvgIpc) is 2.87. The van der Waals surface area contributed by atoms with E-state index < -0.39 is 0 Å². The second-order valence-corrected chi connectivity index (χ2v) is 6.18. The van der Waals surface area contributed by atoms with E-state index in [-0.39, 0.29) is 0 Å². The average molecular weight is 285 g/mol. The van der Waals surface area contributed by atoms with Gasteiger partial charge in [-0.3, -0.25) is 0 Å². The van der Waals surface area contributed by atoms with Crippen molar-refractivity contribution in [1.29, 1.82) is 0 Å². The van der Waals surface area contributed by atoms with Crippen molar-refractivity contribution in [2.24, 2.45) is 0 Å². The van der Waals surface area contributed by atoms with Crippen molar-refractivity contribution in [3.8, 4) is 11.1 Å². The molecule has 0 amide bonds. The topological polar surface area (TPSA) is 26.0 Å². The number of hydrogen-bond acceptors (Lipinski definition) is 1. The molecule has 0 saturated carbocycles. The Balaban J connectivity index is 2.00. The number of nitrogen functional groups attached to an aromatic ring is 1. The molecule has 0 unspecified atom stereocenters. The third-order valence-electron chi connectivity index (χ3n) is 4.78. The zero-order valence-electron chi connectivity index (χ0n) is 12.9. The Morgan fingerprint density at radius 2 is 1.18 bits per heavy atom. The minimum atomic E-state index is 0.311. The van der Waals surface area contributed by atoms with Gasteiger partial charge in [0.15, 0.2) is 0 Å². The maximum absolute atomic E-state index is 6.14. The van der Waals surface area contributed by atoms with Gasteiger partial charge in [-0.1, -0.05) is 60.7 Å². The number of fused-ring (bicyclic) bond motifs is 3. The van der Waals surface area contributed by atoms with Crippen molar-refractivity contribution >= 4 is 5.69 Å². The molecule has 1 heteroatoms. The molecule has 0 saturated heterocycles. The highest BCUT2D eigenvalue weighted by Gasteiger charge is 2.29. The third kappa shape index (κ3) is 1.79. The molecule has 0 atom stereocenters. The van der Waals surface area contributed by atoms with Crippen LogP contribution < -0.4 is 5.73 Å². The third-order valence-corrected chi connectivity index (χ3v) is 4.78. The van der Waals surface area contributed by atoms with Crippen molar-refractivity contribution in [2.45, 2.75) is 19.8 Å². The Morgan fingerprint density at radius 3 is 1.68 bits per heavy atom. The fourth-order valence-electron chi connectivity index (χ4n) is 3.69. The smallest absolute Gasteiger partial charge is 0.0373 e. The van der Waals surface area contributed by atoms with Crippen LogP contribution in [0.1, 0.15) is 33.7 Å². The van der Waals surface area contributed by atoms with Gasteiger partial charge in [-0.05, 0) is 52.8 Å². The molecule has 108 valence electrons. The SMILES string of the molecule is Cc1cc(C2c3ccccc3-c3ccccc32)cc(C)c1N. The Hall–Kier alpha value is -2.54. The van der Waals surface area contributed by atoms with Gasteiger partial charge in [0.1, 0.15) is 0 Å². The molecule has 3 aromatic rings. The van der Waals surface area contributed by atoms with Crippen LogP contribution in [0.5, 0.6) is 0 Å². The van der Waals surface area contributed by atoms with Crippen molar-refractivity contribution in [3.05, 3.63) is 88.5 Å². The van der Waals surface area contributed by atoms with E-state index in [9.17, 15) is 0 Å². The molecule has 0 fully saturated rings. The summed E-state index contributed by atoms with van der Waals surface area (Å²) in [7, 11) is 0. The quantitative estimate of drug-likeness (QED) is 0.487. The second kappa shape index (κ2) is 4.74. The Bertz CT molecular complexity index is 808. The lowest BCUT2D eigenvalue weighted by atomic mass is 9.87. The fourth-order valence-corrected chi connectivity index (χ4v) is 3.69. The molecule has 0 aliphatic heterocycles. The van der Waals surface area contributed by atoms with E-state index in [2.05, 4.69) is 74.5 Å². The van der Waals surface area contributed by atoms with Gasteiger partial charge in [-0.15, -0.1) is 0 Å². The number of rotatable bonds is 1. The predicted molar refractivity (Wildman–Crippen MR) is 93.2 cm³/mol. The van der Waals surface area contributed by atoms with E-state index in [0.29, 0.717) is 5.92 Å². The monoisotopic (exact) mass is 285 g/mol. The van der Waals surface area contributed by atoms with E-state index in [0.717, 1.165) is 16.8 Å². The summed E-state index contributed by atoms with van der Waals surface area (Å²) in [5.74, 6) is 0.311. The molecule has 22 heavy (non-hydrogen) atoms. The van der Waals surface area contributed by atoms with Gasteiger partial charge in [0.05, 0.1) is 0 Å². The van der Waals surface area contributed by atoms with Gasteiger partial charge in [0, 0.05) is 11.6 Å². The molecule has 0 spiro atoms. The lowest BCUT2D eigenvalue weighted by Gasteiger charge is -2.17. The Labute approximate surface area is 131 Å². The first-order valence-electron chi connectivity index (χ1n) is 7.71. The van der Waals surface area contributed by atoms with E-state index in [1.807, 2.05) is 0 Å². The van der Waals surface area contributed by atoms with Crippen LogP contribution in [0.15, 0.2) is 60.7 Å². The first-order valence-corrected chi connectivity index (χ1v) is 7.71. The maximum atomic E-state index is 6.14. The minimum Gasteiger partial charge on any atom is -0.398 e. The number of aryl methyl sites for hydroxylation is 2. The normalized spacial score (nSPS) is 13.0. The molecule has 0 aromatic heterocycles. The van der Waals surface area contributed by atoms with E-state index in [4.69, 9.17) is 5.73 Å². The van der Waals surface area contributed by atoms with Gasteiger partial charge in [-0.2, -0.15) is 0 Å². The zero-order chi connectivity index (χ0) is 15.3. The van der Waals surface area contributed by atoms with E-state index >= 15 is 0 Å². The van der Waals surface area contributed by atoms with Crippen LogP contribution in [-0.4, -0.2) is 0 Å². The summed E-state index contributed by atoms with van der Waals surface area (Å²) < 4.78 is 0. The molecular formula is C21H19N. The minimum absolute atomic E-state index is 0.311. The van der Waals surface area contributed by atoms with Crippen LogP contribution in [0.3, 0.4) is 0 Å². The lowest BCUT2D eigenvalue weighted by molar-refractivity contribution is 1.01. The fraction of sp³-hybridized carbons (Fsp3) is 0.143. The molecule has 2 N–H and O–H groups in total. The van der Waals surface area contributed by atoms with Crippen molar-refractivity contribution in [1.82, 2.24) is 0 Å². The van der Waals surface area contributed by atoms with Crippen molar-refractivity contribution < 1.29 is 0 Å². The van der Waals surface area contributed by atoms with Gasteiger partial charge in [-0.25, -0.2) is 0 Å².